The van der Waals surface area contributed by atoms with Gasteiger partial charge in [0.05, 0.1) is 17.7 Å². The van der Waals surface area contributed by atoms with Gasteiger partial charge < -0.3 is 14.5 Å². The van der Waals surface area contributed by atoms with Crippen LogP contribution in [-0.2, 0) is 21.2 Å². The van der Waals surface area contributed by atoms with E-state index in [0.29, 0.717) is 49.3 Å². The van der Waals surface area contributed by atoms with E-state index in [9.17, 15) is 13.2 Å². The number of ether oxygens (including phenoxy) is 1. The molecule has 0 bridgehead atoms. The molecule has 0 unspecified atom stereocenters. The second-order valence-corrected chi connectivity index (χ2v) is 10.1. The fourth-order valence-electron chi connectivity index (χ4n) is 4.07. The van der Waals surface area contributed by atoms with Gasteiger partial charge in [-0.2, -0.15) is 0 Å². The summed E-state index contributed by atoms with van der Waals surface area (Å²) in [5.41, 5.74) is 2.63. The molecule has 4 rings (SSSR count). The molecule has 0 radical (unpaired) electrons. The lowest BCUT2D eigenvalue weighted by molar-refractivity contribution is -0.116. The second kappa shape index (κ2) is 8.78. The van der Waals surface area contributed by atoms with Crippen molar-refractivity contribution in [2.24, 2.45) is 0 Å². The van der Waals surface area contributed by atoms with E-state index in [2.05, 4.69) is 25.7 Å². The summed E-state index contributed by atoms with van der Waals surface area (Å²) in [6.07, 6.45) is 0.714. The van der Waals surface area contributed by atoms with Crippen LogP contribution in [0.15, 0.2) is 45.8 Å². The number of nitrogens with one attached hydrogen (secondary N) is 1. The Morgan fingerprint density at radius 2 is 1.77 bits per heavy atom. The number of fused-ring (bicyclic) bond motifs is 1. The number of para-hydroxylation sites is 2. The lowest BCUT2D eigenvalue weighted by Gasteiger charge is -2.36. The number of carbonyl (C=O) groups is 1. The lowest BCUT2D eigenvalue weighted by Crippen LogP contribution is -2.53. The van der Waals surface area contributed by atoms with Crippen molar-refractivity contribution in [3.05, 3.63) is 46.4 Å². The fourth-order valence-corrected chi connectivity index (χ4v) is 6.30. The van der Waals surface area contributed by atoms with Crippen molar-refractivity contribution in [1.82, 2.24) is 9.84 Å². The van der Waals surface area contributed by atoms with Crippen molar-refractivity contribution >= 4 is 43.2 Å². The first-order valence-electron chi connectivity index (χ1n) is 10.1. The van der Waals surface area contributed by atoms with Crippen LogP contribution in [0.1, 0.15) is 12.5 Å². The quantitative estimate of drug-likeness (QED) is 0.667. The van der Waals surface area contributed by atoms with Crippen LogP contribution < -0.4 is 19.4 Å². The van der Waals surface area contributed by atoms with Crippen LogP contribution in [0.2, 0.25) is 0 Å². The molecule has 0 aromatic heterocycles. The number of methoxy groups -OCH3 is 1. The second-order valence-electron chi connectivity index (χ2n) is 7.57. The first-order valence-corrected chi connectivity index (χ1v) is 12.3. The molecular weight excluding hydrogens is 484 g/mol. The number of hydrazine groups is 1. The first-order chi connectivity index (χ1) is 14.8. The number of carbonyl (C=O) groups excluding carboxylic acids is 1. The molecule has 1 saturated heterocycles. The van der Waals surface area contributed by atoms with Crippen LogP contribution in [0.3, 0.4) is 0 Å². The van der Waals surface area contributed by atoms with Crippen molar-refractivity contribution in [2.75, 3.05) is 49.6 Å². The number of sulfonamides is 1. The van der Waals surface area contributed by atoms with Gasteiger partial charge in [-0.25, -0.2) is 13.4 Å². The molecule has 2 aromatic carbocycles. The predicted molar refractivity (Wildman–Crippen MR) is 123 cm³/mol. The number of anilines is 2. The number of halogens is 1. The zero-order valence-electron chi connectivity index (χ0n) is 17.5. The molecule has 1 N–H and O–H groups in total. The van der Waals surface area contributed by atoms with Crippen LogP contribution in [0.25, 0.3) is 0 Å². The number of nitrogens with zero attached hydrogens (tertiary/aromatic N) is 3. The Balaban J connectivity index is 1.48. The molecule has 0 atom stereocenters. The van der Waals surface area contributed by atoms with Crippen molar-refractivity contribution in [2.45, 2.75) is 18.2 Å². The predicted octanol–water partition coefficient (Wildman–Crippen LogP) is 2.38. The summed E-state index contributed by atoms with van der Waals surface area (Å²) in [5, 5.41) is 1.71. The van der Waals surface area contributed by atoms with Crippen LogP contribution in [0.5, 0.6) is 5.75 Å². The van der Waals surface area contributed by atoms with Gasteiger partial charge in [-0.05, 0) is 52.2 Å². The summed E-state index contributed by atoms with van der Waals surface area (Å²) in [4.78, 5) is 18.5. The van der Waals surface area contributed by atoms with Crippen LogP contribution in [0, 0.1) is 0 Å². The largest absolute Gasteiger partial charge is 0.495 e. The van der Waals surface area contributed by atoms with E-state index in [1.165, 1.54) is 6.92 Å². The number of amides is 1. The highest BCUT2D eigenvalue weighted by Crippen LogP contribution is 2.35. The average molecular weight is 509 g/mol. The summed E-state index contributed by atoms with van der Waals surface area (Å²) in [6, 6.07) is 11.2. The third-order valence-electron chi connectivity index (χ3n) is 5.65. The lowest BCUT2D eigenvalue weighted by atomic mass is 10.2. The van der Waals surface area contributed by atoms with Gasteiger partial charge in [0.2, 0.25) is 5.91 Å². The maximum Gasteiger partial charge on any atom is 0.254 e. The number of benzene rings is 2. The van der Waals surface area contributed by atoms with Gasteiger partial charge in [0, 0.05) is 49.8 Å². The summed E-state index contributed by atoms with van der Waals surface area (Å²) in [6.45, 7) is 4.43. The SMILES string of the molecule is COc1ccccc1N1CCN(NS(=O)(=O)c2cc3c(cc2Br)CCN3C(C)=O)CC1. The molecule has 31 heavy (non-hydrogen) atoms. The summed E-state index contributed by atoms with van der Waals surface area (Å²) < 4.78 is 32.2. The van der Waals surface area contributed by atoms with Crippen LogP contribution in [-0.4, -0.2) is 59.2 Å². The minimum atomic E-state index is -3.81. The molecule has 166 valence electrons. The maximum absolute atomic E-state index is 13.1. The van der Waals surface area contributed by atoms with E-state index in [0.717, 1.165) is 17.0 Å². The highest BCUT2D eigenvalue weighted by molar-refractivity contribution is 9.10. The topological polar surface area (TPSA) is 82.2 Å². The van der Waals surface area contributed by atoms with Gasteiger partial charge in [-0.15, -0.1) is 4.83 Å². The van der Waals surface area contributed by atoms with Crippen molar-refractivity contribution in [3.63, 3.8) is 0 Å². The Labute approximate surface area is 190 Å². The molecule has 2 aliphatic rings. The Bertz CT molecular complexity index is 1100. The maximum atomic E-state index is 13.1. The molecule has 10 heteroatoms. The van der Waals surface area contributed by atoms with Gasteiger partial charge in [0.1, 0.15) is 5.75 Å². The summed E-state index contributed by atoms with van der Waals surface area (Å²) in [5.74, 6) is 0.707. The summed E-state index contributed by atoms with van der Waals surface area (Å²) in [7, 11) is -2.16. The highest BCUT2D eigenvalue weighted by Gasteiger charge is 2.29. The van der Waals surface area contributed by atoms with Crippen LogP contribution >= 0.6 is 15.9 Å². The highest BCUT2D eigenvalue weighted by atomic mass is 79.9. The third-order valence-corrected chi connectivity index (χ3v) is 7.99. The Kier molecular flexibility index (Phi) is 6.25. The van der Waals surface area contributed by atoms with Gasteiger partial charge in [0.15, 0.2) is 0 Å². The molecule has 8 nitrogen and oxygen atoms in total. The van der Waals surface area contributed by atoms with Gasteiger partial charge in [-0.1, -0.05) is 12.1 Å². The number of piperazine rings is 1. The van der Waals surface area contributed by atoms with E-state index in [1.54, 1.807) is 29.2 Å². The average Bonchev–Trinajstić information content (AvgIpc) is 3.16. The van der Waals surface area contributed by atoms with E-state index in [-0.39, 0.29) is 10.8 Å². The third kappa shape index (κ3) is 4.43. The number of rotatable bonds is 5. The van der Waals surface area contributed by atoms with Crippen molar-refractivity contribution in [3.8, 4) is 5.75 Å². The van der Waals surface area contributed by atoms with Crippen LogP contribution in [0.4, 0.5) is 11.4 Å². The molecule has 2 aromatic rings. The first kappa shape index (κ1) is 22.1. The van der Waals surface area contributed by atoms with E-state index in [4.69, 9.17) is 4.74 Å². The summed E-state index contributed by atoms with van der Waals surface area (Å²) >= 11 is 3.40. The molecule has 1 amide bonds. The minimum absolute atomic E-state index is 0.0927. The molecule has 2 aliphatic heterocycles. The molecule has 0 saturated carbocycles. The number of hydrogen-bond acceptors (Lipinski definition) is 6. The zero-order valence-corrected chi connectivity index (χ0v) is 19.9. The normalized spacial score (nSPS) is 17.0. The Morgan fingerprint density at radius 3 is 2.45 bits per heavy atom. The number of hydrogen-bond donors (Lipinski definition) is 1. The zero-order chi connectivity index (χ0) is 22.2. The monoisotopic (exact) mass is 508 g/mol. The van der Waals surface area contributed by atoms with Gasteiger partial charge in [0.25, 0.3) is 10.0 Å². The Hall–Kier alpha value is -2.14. The van der Waals surface area contributed by atoms with Gasteiger partial charge >= 0.3 is 0 Å². The van der Waals surface area contributed by atoms with Gasteiger partial charge in [-0.3, -0.25) is 4.79 Å². The molecular formula is C21H25BrN4O4S. The van der Waals surface area contributed by atoms with E-state index in [1.807, 2.05) is 24.3 Å². The molecule has 2 heterocycles. The Morgan fingerprint density at radius 1 is 1.06 bits per heavy atom. The van der Waals surface area contributed by atoms with Crippen molar-refractivity contribution in [1.29, 1.82) is 0 Å². The molecule has 0 spiro atoms. The van der Waals surface area contributed by atoms with E-state index < -0.39 is 10.0 Å². The molecule has 0 aliphatic carbocycles. The smallest absolute Gasteiger partial charge is 0.254 e. The van der Waals surface area contributed by atoms with E-state index >= 15 is 0 Å². The minimum Gasteiger partial charge on any atom is -0.495 e. The van der Waals surface area contributed by atoms with Crippen molar-refractivity contribution < 1.29 is 17.9 Å². The molecule has 1 fully saturated rings. The fraction of sp³-hybridized carbons (Fsp3) is 0.381. The standard InChI is InChI=1S/C21H25BrN4O4S/c1-15(27)26-8-7-16-13-17(22)21(14-19(16)26)31(28,29)23-25-11-9-24(10-12-25)18-5-3-4-6-20(18)30-2/h3-6,13-14,23H,7-12H2,1-2H3.